The van der Waals surface area contributed by atoms with Crippen LogP contribution >= 0.6 is 11.8 Å². The van der Waals surface area contributed by atoms with Crippen molar-refractivity contribution in [1.29, 1.82) is 0 Å². The van der Waals surface area contributed by atoms with Crippen LogP contribution in [0.3, 0.4) is 0 Å². The lowest BCUT2D eigenvalue weighted by atomic mass is 10.0. The van der Waals surface area contributed by atoms with E-state index in [0.717, 1.165) is 0 Å². The highest BCUT2D eigenvalue weighted by Gasteiger charge is 2.47. The quantitative estimate of drug-likeness (QED) is 0.101. The predicted molar refractivity (Wildman–Crippen MR) is 127 cm³/mol. The molecular formula is C20H30N8O7S. The zero-order chi connectivity index (χ0) is 26.4. The Morgan fingerprint density at radius 1 is 1.03 bits per heavy atom. The first-order chi connectivity index (χ1) is 17.1. The first-order valence-corrected chi connectivity index (χ1v) is 12.5. The van der Waals surface area contributed by atoms with Gasteiger partial charge in [0.1, 0.15) is 24.2 Å². The third-order valence-electron chi connectivity index (χ3n) is 6.00. The summed E-state index contributed by atoms with van der Waals surface area (Å²) in [4.78, 5) is 80.9. The van der Waals surface area contributed by atoms with Crippen molar-refractivity contribution in [2.75, 3.05) is 18.8 Å². The molecule has 0 aromatic heterocycles. The van der Waals surface area contributed by atoms with E-state index < -0.39 is 72.6 Å². The van der Waals surface area contributed by atoms with E-state index in [-0.39, 0.29) is 24.3 Å². The van der Waals surface area contributed by atoms with Crippen LogP contribution in [0.5, 0.6) is 0 Å². The van der Waals surface area contributed by atoms with Crippen LogP contribution in [-0.4, -0.2) is 99.9 Å². The van der Waals surface area contributed by atoms with Crippen molar-refractivity contribution in [3.63, 3.8) is 0 Å². The van der Waals surface area contributed by atoms with Crippen LogP contribution in [0.25, 0.3) is 0 Å². The summed E-state index contributed by atoms with van der Waals surface area (Å²) in [5.41, 5.74) is 10.6. The van der Waals surface area contributed by atoms with Crippen molar-refractivity contribution < 1.29 is 33.9 Å². The SMILES string of the molecule is NC(N)=NCCC[C@@H]1NC(=O)[C@@H]2CS[C@H]3CC[C@H](NC(=O)[C@H](CC(=O)O)NC(=O)CNC1=O)C(=O)N32. The summed E-state index contributed by atoms with van der Waals surface area (Å²) in [6.45, 7) is -0.348. The van der Waals surface area contributed by atoms with E-state index in [1.807, 2.05) is 0 Å². The van der Waals surface area contributed by atoms with E-state index in [2.05, 4.69) is 26.3 Å². The van der Waals surface area contributed by atoms with E-state index in [0.29, 0.717) is 25.0 Å². The number of hydrogen-bond donors (Lipinski definition) is 7. The first kappa shape index (κ1) is 27.0. The number of carboxylic acids is 1. The van der Waals surface area contributed by atoms with Crippen molar-refractivity contribution in [3.8, 4) is 0 Å². The highest BCUT2D eigenvalue weighted by molar-refractivity contribution is 8.00. The van der Waals surface area contributed by atoms with Crippen molar-refractivity contribution in [1.82, 2.24) is 26.2 Å². The van der Waals surface area contributed by atoms with Gasteiger partial charge in [0.2, 0.25) is 29.5 Å². The van der Waals surface area contributed by atoms with Crippen LogP contribution < -0.4 is 32.7 Å². The molecule has 0 unspecified atom stereocenters. The third kappa shape index (κ3) is 6.77. The Bertz CT molecular complexity index is 956. The van der Waals surface area contributed by atoms with Crippen LogP contribution in [0, 0.1) is 0 Å². The molecule has 16 heteroatoms. The summed E-state index contributed by atoms with van der Waals surface area (Å²) >= 11 is 1.43. The molecule has 2 bridgehead atoms. The van der Waals surface area contributed by atoms with Crippen LogP contribution in [0.2, 0.25) is 0 Å². The molecule has 3 fully saturated rings. The highest BCUT2D eigenvalue weighted by atomic mass is 32.2. The standard InChI is InChI=1S/C20H30N8O7S/c21-20(22)23-5-1-2-9-16(32)24-7-13(29)25-11(6-15(30)31)17(33)27-10-3-4-14-28(19(10)35)12(8-36-14)18(34)26-9/h9-12,14H,1-8H2,(H,24,32)(H,25,29)(H,26,34)(H,27,33)(H,30,31)(H4,21,22,23)/t9-,10-,11-,12-,14-/m0/s1. The van der Waals surface area contributed by atoms with Crippen molar-refractivity contribution in [2.45, 2.75) is 61.6 Å². The van der Waals surface area contributed by atoms with Gasteiger partial charge in [-0.3, -0.25) is 33.8 Å². The van der Waals surface area contributed by atoms with Gasteiger partial charge in [0.05, 0.1) is 18.3 Å². The molecule has 36 heavy (non-hydrogen) atoms. The van der Waals surface area contributed by atoms with Gasteiger partial charge in [0, 0.05) is 12.3 Å². The molecule has 3 aliphatic rings. The molecule has 3 heterocycles. The maximum absolute atomic E-state index is 13.2. The number of piperidine rings is 1. The van der Waals surface area contributed by atoms with Crippen LogP contribution in [0.1, 0.15) is 32.1 Å². The van der Waals surface area contributed by atoms with Crippen molar-refractivity contribution in [3.05, 3.63) is 0 Å². The van der Waals surface area contributed by atoms with E-state index in [1.165, 1.54) is 16.7 Å². The normalized spacial score (nSPS) is 29.2. The number of thioether (sulfide) groups is 1. The van der Waals surface area contributed by atoms with Gasteiger partial charge in [-0.05, 0) is 25.7 Å². The lowest BCUT2D eigenvalue weighted by molar-refractivity contribution is -0.146. The van der Waals surface area contributed by atoms with E-state index in [9.17, 15) is 33.9 Å². The predicted octanol–water partition coefficient (Wildman–Crippen LogP) is -3.84. The van der Waals surface area contributed by atoms with Crippen molar-refractivity contribution >= 4 is 53.2 Å². The number of carboxylic acid groups (broad SMARTS) is 1. The number of amides is 5. The van der Waals surface area contributed by atoms with Crippen LogP contribution in [-0.2, 0) is 28.8 Å². The van der Waals surface area contributed by atoms with Crippen molar-refractivity contribution in [2.24, 2.45) is 16.5 Å². The first-order valence-electron chi connectivity index (χ1n) is 11.5. The molecule has 3 rings (SSSR count). The number of carbonyl (C=O) groups excluding carboxylic acids is 5. The van der Waals surface area contributed by atoms with Crippen LogP contribution in [0.15, 0.2) is 4.99 Å². The molecule has 5 amide bonds. The topological polar surface area (TPSA) is 238 Å². The molecule has 3 aliphatic heterocycles. The Morgan fingerprint density at radius 2 is 1.78 bits per heavy atom. The third-order valence-corrected chi connectivity index (χ3v) is 7.35. The number of aliphatic carboxylic acids is 1. The minimum atomic E-state index is -1.46. The summed E-state index contributed by atoms with van der Waals surface area (Å²) in [6, 6.07) is -4.34. The molecule has 9 N–H and O–H groups in total. The largest absolute Gasteiger partial charge is 0.481 e. The molecule has 0 radical (unpaired) electrons. The van der Waals surface area contributed by atoms with Gasteiger partial charge in [-0.2, -0.15) is 0 Å². The monoisotopic (exact) mass is 526 g/mol. The Balaban J connectivity index is 1.86. The summed E-state index contributed by atoms with van der Waals surface area (Å²) in [5, 5.41) is 18.8. The number of fused-ring (bicyclic) bond motifs is 1. The Labute approximate surface area is 210 Å². The van der Waals surface area contributed by atoms with Gasteiger partial charge in [0.15, 0.2) is 5.96 Å². The zero-order valence-corrected chi connectivity index (χ0v) is 20.2. The molecule has 3 saturated heterocycles. The molecule has 0 saturated carbocycles. The van der Waals surface area contributed by atoms with Gasteiger partial charge in [-0.1, -0.05) is 0 Å². The minimum Gasteiger partial charge on any atom is -0.481 e. The Hall–Kier alpha value is -3.56. The van der Waals surface area contributed by atoms with Gasteiger partial charge in [-0.15, -0.1) is 11.8 Å². The molecule has 15 nitrogen and oxygen atoms in total. The summed E-state index contributed by atoms with van der Waals surface area (Å²) in [5.74, 6) is -4.46. The van der Waals surface area contributed by atoms with E-state index in [4.69, 9.17) is 11.5 Å². The summed E-state index contributed by atoms with van der Waals surface area (Å²) < 4.78 is 0. The molecule has 0 aromatic carbocycles. The van der Waals surface area contributed by atoms with Gasteiger partial charge in [-0.25, -0.2) is 0 Å². The maximum Gasteiger partial charge on any atom is 0.305 e. The lowest BCUT2D eigenvalue weighted by Crippen LogP contribution is -2.61. The van der Waals surface area contributed by atoms with Gasteiger partial charge in [0.25, 0.3) is 0 Å². The number of aliphatic imine (C=N–C) groups is 1. The van der Waals surface area contributed by atoms with Gasteiger partial charge < -0.3 is 42.7 Å². The second-order valence-corrected chi connectivity index (χ2v) is 9.84. The fourth-order valence-corrected chi connectivity index (χ4v) is 5.69. The summed E-state index contributed by atoms with van der Waals surface area (Å²) in [6.07, 6.45) is 0.578. The molecule has 5 atom stereocenters. The number of hydrogen-bond acceptors (Lipinski definition) is 8. The molecule has 0 aliphatic carbocycles. The number of nitrogens with zero attached hydrogens (tertiary/aromatic N) is 2. The second kappa shape index (κ2) is 11.9. The molecule has 198 valence electrons. The van der Waals surface area contributed by atoms with E-state index >= 15 is 0 Å². The number of nitrogens with one attached hydrogen (secondary N) is 4. The maximum atomic E-state index is 13.2. The summed E-state index contributed by atoms with van der Waals surface area (Å²) in [7, 11) is 0. The molecule has 0 spiro atoms. The average Bonchev–Trinajstić information content (AvgIpc) is 3.24. The zero-order valence-electron chi connectivity index (χ0n) is 19.4. The number of rotatable bonds is 6. The highest BCUT2D eigenvalue weighted by Crippen LogP contribution is 2.36. The Kier molecular flexibility index (Phi) is 8.95. The Morgan fingerprint density at radius 3 is 2.47 bits per heavy atom. The lowest BCUT2D eigenvalue weighted by Gasteiger charge is -2.37. The number of guanidine groups is 1. The number of nitrogens with two attached hydrogens (primary N) is 2. The smallest absolute Gasteiger partial charge is 0.305 e. The average molecular weight is 527 g/mol. The minimum absolute atomic E-state index is 0.117. The fourth-order valence-electron chi connectivity index (χ4n) is 4.26. The molecule has 0 aromatic rings. The fraction of sp³-hybridized carbons (Fsp3) is 0.650. The number of carbonyl (C=O) groups is 6. The molecular weight excluding hydrogens is 496 g/mol. The van der Waals surface area contributed by atoms with Gasteiger partial charge >= 0.3 is 5.97 Å². The second-order valence-electron chi connectivity index (χ2n) is 8.63. The van der Waals surface area contributed by atoms with Crippen LogP contribution in [0.4, 0.5) is 0 Å². The van der Waals surface area contributed by atoms with E-state index in [1.54, 1.807) is 0 Å².